The van der Waals surface area contributed by atoms with Crippen molar-refractivity contribution >= 4 is 5.97 Å². The highest BCUT2D eigenvalue weighted by Gasteiger charge is 2.08. The van der Waals surface area contributed by atoms with Crippen molar-refractivity contribution in [1.82, 2.24) is 4.90 Å². The van der Waals surface area contributed by atoms with Crippen molar-refractivity contribution in [3.63, 3.8) is 0 Å². The molecule has 0 fully saturated rings. The first kappa shape index (κ1) is 13.6. The Morgan fingerprint density at radius 2 is 2.18 bits per heavy atom. The zero-order valence-corrected chi connectivity index (χ0v) is 10.2. The highest BCUT2D eigenvalue weighted by molar-refractivity contribution is 5.66. The molecule has 0 saturated heterocycles. The van der Waals surface area contributed by atoms with Gasteiger partial charge in [-0.2, -0.15) is 0 Å². The Morgan fingerprint density at radius 3 is 2.71 bits per heavy atom. The second kappa shape index (κ2) is 6.35. The summed E-state index contributed by atoms with van der Waals surface area (Å²) >= 11 is 0. The Hall–Kier alpha value is -1.42. The maximum absolute atomic E-state index is 12.9. The van der Waals surface area contributed by atoms with E-state index in [1.807, 2.05) is 18.7 Å². The van der Waals surface area contributed by atoms with Gasteiger partial charge in [-0.25, -0.2) is 4.39 Å². The van der Waals surface area contributed by atoms with Gasteiger partial charge in [-0.3, -0.25) is 9.69 Å². The van der Waals surface area contributed by atoms with Crippen LogP contribution in [0, 0.1) is 12.7 Å². The van der Waals surface area contributed by atoms with E-state index in [9.17, 15) is 9.18 Å². The van der Waals surface area contributed by atoms with E-state index in [2.05, 4.69) is 0 Å². The number of rotatable bonds is 6. The van der Waals surface area contributed by atoms with Gasteiger partial charge in [-0.05, 0) is 36.7 Å². The molecule has 1 aromatic carbocycles. The van der Waals surface area contributed by atoms with E-state index in [0.717, 1.165) is 17.7 Å². The predicted octanol–water partition coefficient (Wildman–Crippen LogP) is 2.43. The molecule has 0 aliphatic carbocycles. The number of aryl methyl sites for hydroxylation is 1. The number of benzene rings is 1. The van der Waals surface area contributed by atoms with Gasteiger partial charge in [0, 0.05) is 13.1 Å². The maximum Gasteiger partial charge on any atom is 0.304 e. The molecule has 0 atom stereocenters. The third-order valence-corrected chi connectivity index (χ3v) is 2.79. The van der Waals surface area contributed by atoms with Gasteiger partial charge < -0.3 is 5.11 Å². The zero-order chi connectivity index (χ0) is 12.8. The van der Waals surface area contributed by atoms with Crippen LogP contribution in [-0.4, -0.2) is 29.1 Å². The molecule has 0 unspecified atom stereocenters. The van der Waals surface area contributed by atoms with Crippen molar-refractivity contribution < 1.29 is 14.3 Å². The third-order valence-electron chi connectivity index (χ3n) is 2.79. The normalized spacial score (nSPS) is 10.8. The molecule has 0 heterocycles. The second-order valence-electron chi connectivity index (χ2n) is 4.08. The Morgan fingerprint density at radius 1 is 1.47 bits per heavy atom. The van der Waals surface area contributed by atoms with E-state index in [1.165, 1.54) is 12.1 Å². The minimum absolute atomic E-state index is 0.133. The average Bonchev–Trinajstić information content (AvgIpc) is 2.26. The number of halogens is 1. The first-order valence-electron chi connectivity index (χ1n) is 5.72. The van der Waals surface area contributed by atoms with Gasteiger partial charge in [0.25, 0.3) is 0 Å². The van der Waals surface area contributed by atoms with Gasteiger partial charge in [0.1, 0.15) is 5.82 Å². The van der Waals surface area contributed by atoms with Crippen LogP contribution >= 0.6 is 0 Å². The van der Waals surface area contributed by atoms with Crippen LogP contribution in [0.1, 0.15) is 24.5 Å². The topological polar surface area (TPSA) is 40.5 Å². The van der Waals surface area contributed by atoms with Gasteiger partial charge >= 0.3 is 5.97 Å². The summed E-state index contributed by atoms with van der Waals surface area (Å²) in [7, 11) is 0. The number of carboxylic acids is 1. The number of nitrogens with zero attached hydrogens (tertiary/aromatic N) is 1. The standard InChI is InChI=1S/C13H18FNO2/c1-3-15(7-6-13(16)17)9-11-4-5-12(14)8-10(11)2/h4-5,8H,3,6-7,9H2,1-2H3,(H,16,17). The minimum atomic E-state index is -0.792. The monoisotopic (exact) mass is 239 g/mol. The van der Waals surface area contributed by atoms with Crippen molar-refractivity contribution in [2.45, 2.75) is 26.8 Å². The summed E-state index contributed by atoms with van der Waals surface area (Å²) < 4.78 is 12.9. The summed E-state index contributed by atoms with van der Waals surface area (Å²) in [6.07, 6.45) is 0.133. The zero-order valence-electron chi connectivity index (χ0n) is 10.2. The molecule has 0 bridgehead atoms. The van der Waals surface area contributed by atoms with Gasteiger partial charge in [0.15, 0.2) is 0 Å². The van der Waals surface area contributed by atoms with E-state index in [4.69, 9.17) is 5.11 Å². The summed E-state index contributed by atoms with van der Waals surface area (Å²) in [6.45, 7) is 5.81. The Labute approximate surface area is 101 Å². The fourth-order valence-corrected chi connectivity index (χ4v) is 1.68. The largest absolute Gasteiger partial charge is 0.481 e. The van der Waals surface area contributed by atoms with Crippen LogP contribution in [0.5, 0.6) is 0 Å². The molecule has 3 nitrogen and oxygen atoms in total. The first-order chi connectivity index (χ1) is 8.02. The lowest BCUT2D eigenvalue weighted by Crippen LogP contribution is -2.26. The first-order valence-corrected chi connectivity index (χ1v) is 5.72. The molecule has 0 aliphatic heterocycles. The van der Waals surface area contributed by atoms with Gasteiger partial charge in [-0.1, -0.05) is 13.0 Å². The van der Waals surface area contributed by atoms with Crippen molar-refractivity contribution in [3.8, 4) is 0 Å². The van der Waals surface area contributed by atoms with E-state index < -0.39 is 5.97 Å². The molecular formula is C13H18FNO2. The molecule has 1 N–H and O–H groups in total. The molecule has 0 aliphatic rings. The summed E-state index contributed by atoms with van der Waals surface area (Å²) in [5.74, 6) is -1.03. The number of carbonyl (C=O) groups is 1. The summed E-state index contributed by atoms with van der Waals surface area (Å²) in [5.41, 5.74) is 1.94. The molecule has 4 heteroatoms. The molecular weight excluding hydrogens is 221 g/mol. The third kappa shape index (κ3) is 4.53. The van der Waals surface area contributed by atoms with Crippen LogP contribution in [0.25, 0.3) is 0 Å². The maximum atomic E-state index is 12.9. The fraction of sp³-hybridized carbons (Fsp3) is 0.462. The van der Waals surface area contributed by atoms with E-state index >= 15 is 0 Å². The number of carboxylic acid groups (broad SMARTS) is 1. The predicted molar refractivity (Wildman–Crippen MR) is 64.3 cm³/mol. The molecule has 0 spiro atoms. The number of aliphatic carboxylic acids is 1. The second-order valence-corrected chi connectivity index (χ2v) is 4.08. The highest BCUT2D eigenvalue weighted by Crippen LogP contribution is 2.12. The summed E-state index contributed by atoms with van der Waals surface area (Å²) in [5, 5.41) is 8.64. The minimum Gasteiger partial charge on any atom is -0.481 e. The molecule has 0 aromatic heterocycles. The lowest BCUT2D eigenvalue weighted by Gasteiger charge is -2.20. The number of hydrogen-bond acceptors (Lipinski definition) is 2. The van der Waals surface area contributed by atoms with E-state index in [1.54, 1.807) is 6.07 Å². The summed E-state index contributed by atoms with van der Waals surface area (Å²) in [4.78, 5) is 12.5. The van der Waals surface area contributed by atoms with E-state index in [-0.39, 0.29) is 12.2 Å². The average molecular weight is 239 g/mol. The van der Waals surface area contributed by atoms with Crippen molar-refractivity contribution in [1.29, 1.82) is 0 Å². The molecule has 94 valence electrons. The quantitative estimate of drug-likeness (QED) is 0.828. The van der Waals surface area contributed by atoms with Crippen molar-refractivity contribution in [2.75, 3.05) is 13.1 Å². The fourth-order valence-electron chi connectivity index (χ4n) is 1.68. The molecule has 0 amide bonds. The molecule has 0 saturated carbocycles. The van der Waals surface area contributed by atoms with Gasteiger partial charge in [0.05, 0.1) is 6.42 Å². The van der Waals surface area contributed by atoms with Crippen LogP contribution in [0.2, 0.25) is 0 Å². The van der Waals surface area contributed by atoms with Crippen molar-refractivity contribution in [3.05, 3.63) is 35.1 Å². The van der Waals surface area contributed by atoms with Crippen LogP contribution in [0.15, 0.2) is 18.2 Å². The van der Waals surface area contributed by atoms with E-state index in [0.29, 0.717) is 13.1 Å². The van der Waals surface area contributed by atoms with Crippen LogP contribution < -0.4 is 0 Å². The Bertz CT molecular complexity index is 393. The Kier molecular flexibility index (Phi) is 5.10. The highest BCUT2D eigenvalue weighted by atomic mass is 19.1. The van der Waals surface area contributed by atoms with Crippen LogP contribution in [0.4, 0.5) is 4.39 Å². The Balaban J connectivity index is 2.63. The summed E-state index contributed by atoms with van der Waals surface area (Å²) in [6, 6.07) is 4.70. The van der Waals surface area contributed by atoms with Crippen LogP contribution in [0.3, 0.4) is 0 Å². The molecule has 1 aromatic rings. The molecule has 1 rings (SSSR count). The lowest BCUT2D eigenvalue weighted by molar-refractivity contribution is -0.137. The molecule has 17 heavy (non-hydrogen) atoms. The lowest BCUT2D eigenvalue weighted by atomic mass is 10.1. The number of hydrogen-bond donors (Lipinski definition) is 1. The SMILES string of the molecule is CCN(CCC(=O)O)Cc1ccc(F)cc1C. The van der Waals surface area contributed by atoms with Crippen LogP contribution in [-0.2, 0) is 11.3 Å². The van der Waals surface area contributed by atoms with Gasteiger partial charge in [0.2, 0.25) is 0 Å². The van der Waals surface area contributed by atoms with Crippen molar-refractivity contribution in [2.24, 2.45) is 0 Å². The smallest absolute Gasteiger partial charge is 0.304 e. The molecule has 0 radical (unpaired) electrons. The van der Waals surface area contributed by atoms with Gasteiger partial charge in [-0.15, -0.1) is 0 Å².